The highest BCUT2D eigenvalue weighted by atomic mass is 16.5. The average molecular weight is 483 g/mol. The molecule has 0 radical (unpaired) electrons. The minimum absolute atomic E-state index is 0.0299. The topological polar surface area (TPSA) is 96.0 Å². The molecular formula is C28H30N6O2. The molecule has 36 heavy (non-hydrogen) atoms. The first-order valence-electron chi connectivity index (χ1n) is 12.6. The monoisotopic (exact) mass is 482 g/mol. The highest BCUT2D eigenvalue weighted by Gasteiger charge is 2.28. The Labute approximate surface area is 210 Å². The molecule has 1 amide bonds. The van der Waals surface area contributed by atoms with Crippen LogP contribution in [-0.2, 0) is 24.1 Å². The lowest BCUT2D eigenvalue weighted by Crippen LogP contribution is -2.39. The third kappa shape index (κ3) is 4.16. The van der Waals surface area contributed by atoms with Gasteiger partial charge in [-0.25, -0.2) is 15.0 Å². The van der Waals surface area contributed by atoms with Crippen molar-refractivity contribution in [1.82, 2.24) is 30.2 Å². The first-order valence-corrected chi connectivity index (χ1v) is 12.6. The molecule has 0 bridgehead atoms. The van der Waals surface area contributed by atoms with E-state index in [-0.39, 0.29) is 11.9 Å². The van der Waals surface area contributed by atoms with E-state index in [1.54, 1.807) is 12.4 Å². The highest BCUT2D eigenvalue weighted by molar-refractivity contribution is 5.94. The van der Waals surface area contributed by atoms with Crippen LogP contribution < -0.4 is 5.32 Å². The number of amides is 1. The van der Waals surface area contributed by atoms with Gasteiger partial charge in [0.25, 0.3) is 5.91 Å². The van der Waals surface area contributed by atoms with Crippen molar-refractivity contribution in [1.29, 1.82) is 0 Å². The van der Waals surface area contributed by atoms with Crippen molar-refractivity contribution >= 4 is 16.9 Å². The lowest BCUT2D eigenvalue weighted by molar-refractivity contribution is 0.0715. The Bertz CT molecular complexity index is 1420. The summed E-state index contributed by atoms with van der Waals surface area (Å²) in [5.41, 5.74) is 8.67. The number of carbonyl (C=O) groups excluding carboxylic acids is 1. The quantitative estimate of drug-likeness (QED) is 0.460. The molecule has 1 fully saturated rings. The van der Waals surface area contributed by atoms with Gasteiger partial charge in [0, 0.05) is 55.4 Å². The van der Waals surface area contributed by atoms with Crippen molar-refractivity contribution in [2.45, 2.75) is 39.3 Å². The Kier molecular flexibility index (Phi) is 5.99. The molecule has 1 atom stereocenters. The van der Waals surface area contributed by atoms with E-state index in [2.05, 4.69) is 45.4 Å². The molecule has 1 saturated heterocycles. The lowest BCUT2D eigenvalue weighted by atomic mass is 9.87. The number of morpholine rings is 1. The number of hydrogen-bond donors (Lipinski definition) is 2. The van der Waals surface area contributed by atoms with Crippen LogP contribution in [0.15, 0.2) is 43.0 Å². The maximum Gasteiger partial charge on any atom is 0.257 e. The predicted octanol–water partition coefficient (Wildman–Crippen LogP) is 3.75. The van der Waals surface area contributed by atoms with Crippen LogP contribution >= 0.6 is 0 Å². The molecule has 1 aromatic carbocycles. The van der Waals surface area contributed by atoms with Crippen LogP contribution in [0.1, 0.15) is 51.4 Å². The van der Waals surface area contributed by atoms with Gasteiger partial charge in [-0.1, -0.05) is 13.0 Å². The van der Waals surface area contributed by atoms with Gasteiger partial charge in [0.15, 0.2) is 0 Å². The Balaban J connectivity index is 1.39. The second-order valence-electron chi connectivity index (χ2n) is 9.57. The summed E-state index contributed by atoms with van der Waals surface area (Å²) in [5.74, 6) is 0.629. The summed E-state index contributed by atoms with van der Waals surface area (Å²) >= 11 is 0. The van der Waals surface area contributed by atoms with Gasteiger partial charge < -0.3 is 19.9 Å². The SMILES string of the molecule is CCc1c[nH]c2ncc(-c3cc4c(c(C5COCCN5)c3)CN(C(=O)c3cnc(C)nc3)CC4)cc12. The molecule has 0 saturated carbocycles. The average Bonchev–Trinajstić information content (AvgIpc) is 3.35. The largest absolute Gasteiger partial charge is 0.378 e. The number of rotatable bonds is 4. The number of hydrogen-bond acceptors (Lipinski definition) is 6. The number of pyridine rings is 1. The van der Waals surface area contributed by atoms with Crippen LogP contribution in [0.4, 0.5) is 0 Å². The van der Waals surface area contributed by atoms with Gasteiger partial charge in [0.2, 0.25) is 0 Å². The van der Waals surface area contributed by atoms with Crippen LogP contribution in [0.25, 0.3) is 22.2 Å². The molecule has 0 aliphatic carbocycles. The molecule has 8 nitrogen and oxygen atoms in total. The molecule has 5 heterocycles. The lowest BCUT2D eigenvalue weighted by Gasteiger charge is -2.34. The molecule has 4 aromatic rings. The van der Waals surface area contributed by atoms with Crippen molar-refractivity contribution in [3.8, 4) is 11.1 Å². The summed E-state index contributed by atoms with van der Waals surface area (Å²) in [5, 5.41) is 4.79. The number of aromatic amines is 1. The van der Waals surface area contributed by atoms with Crippen LogP contribution in [0.5, 0.6) is 0 Å². The number of fused-ring (bicyclic) bond motifs is 2. The van der Waals surface area contributed by atoms with Gasteiger partial charge in [-0.3, -0.25) is 4.79 Å². The smallest absolute Gasteiger partial charge is 0.257 e. The summed E-state index contributed by atoms with van der Waals surface area (Å²) < 4.78 is 5.83. The molecule has 6 rings (SSSR count). The molecule has 2 aliphatic heterocycles. The summed E-state index contributed by atoms with van der Waals surface area (Å²) in [6, 6.07) is 6.86. The number of nitrogens with one attached hydrogen (secondary N) is 2. The summed E-state index contributed by atoms with van der Waals surface area (Å²) in [7, 11) is 0. The van der Waals surface area contributed by atoms with E-state index in [4.69, 9.17) is 9.72 Å². The number of ether oxygens (including phenoxy) is 1. The Hall–Kier alpha value is -3.62. The van der Waals surface area contributed by atoms with Crippen molar-refractivity contribution < 1.29 is 9.53 Å². The Morgan fingerprint density at radius 2 is 2.00 bits per heavy atom. The van der Waals surface area contributed by atoms with Gasteiger partial charge in [-0.2, -0.15) is 0 Å². The first kappa shape index (κ1) is 22.8. The fourth-order valence-corrected chi connectivity index (χ4v) is 5.31. The Morgan fingerprint density at radius 1 is 1.14 bits per heavy atom. The van der Waals surface area contributed by atoms with E-state index < -0.39 is 0 Å². The zero-order chi connectivity index (χ0) is 24.6. The molecule has 3 aromatic heterocycles. The first-order chi connectivity index (χ1) is 17.6. The van der Waals surface area contributed by atoms with Gasteiger partial charge in [0.05, 0.1) is 24.8 Å². The van der Waals surface area contributed by atoms with Crippen molar-refractivity contribution in [2.24, 2.45) is 0 Å². The van der Waals surface area contributed by atoms with Gasteiger partial charge in [-0.15, -0.1) is 0 Å². The standard InChI is InChI=1S/C28H30N6O2/c1-3-18-11-32-27-23(18)10-21(12-33-27)20-8-19-4-6-34(28(35)22-13-30-17(2)31-14-22)15-25(19)24(9-20)26-16-36-7-5-29-26/h8-14,26,29H,3-7,15-16H2,1-2H3,(H,32,33). The zero-order valence-electron chi connectivity index (χ0n) is 20.7. The van der Waals surface area contributed by atoms with E-state index >= 15 is 0 Å². The van der Waals surface area contributed by atoms with Crippen LogP contribution in [0.2, 0.25) is 0 Å². The van der Waals surface area contributed by atoms with E-state index in [0.717, 1.165) is 36.2 Å². The number of benzene rings is 1. The highest BCUT2D eigenvalue weighted by Crippen LogP contribution is 2.35. The molecule has 8 heteroatoms. The van der Waals surface area contributed by atoms with Crippen molar-refractivity contribution in [3.05, 3.63) is 76.6 Å². The maximum atomic E-state index is 13.3. The van der Waals surface area contributed by atoms with Gasteiger partial charge in [0.1, 0.15) is 11.5 Å². The van der Waals surface area contributed by atoms with E-state index in [1.165, 1.54) is 27.6 Å². The number of nitrogens with zero attached hydrogens (tertiary/aromatic N) is 4. The Morgan fingerprint density at radius 3 is 2.78 bits per heavy atom. The molecule has 0 spiro atoms. The number of aryl methyl sites for hydroxylation is 2. The molecular weight excluding hydrogens is 452 g/mol. The number of H-pyrrole nitrogens is 1. The molecule has 2 aliphatic rings. The minimum Gasteiger partial charge on any atom is -0.378 e. The van der Waals surface area contributed by atoms with Crippen molar-refractivity contribution in [3.63, 3.8) is 0 Å². The maximum absolute atomic E-state index is 13.3. The summed E-state index contributed by atoms with van der Waals surface area (Å²) in [6.45, 7) is 7.34. The van der Waals surface area contributed by atoms with E-state index in [0.29, 0.717) is 37.7 Å². The van der Waals surface area contributed by atoms with Gasteiger partial charge >= 0.3 is 0 Å². The number of carbonyl (C=O) groups is 1. The summed E-state index contributed by atoms with van der Waals surface area (Å²) in [4.78, 5) is 31.6. The fourth-order valence-electron chi connectivity index (χ4n) is 5.31. The third-order valence-electron chi connectivity index (χ3n) is 7.32. The van der Waals surface area contributed by atoms with Crippen molar-refractivity contribution in [2.75, 3.05) is 26.3 Å². The van der Waals surface area contributed by atoms with Crippen LogP contribution in [-0.4, -0.2) is 57.0 Å². The zero-order valence-corrected chi connectivity index (χ0v) is 20.7. The third-order valence-corrected chi connectivity index (χ3v) is 7.32. The summed E-state index contributed by atoms with van der Waals surface area (Å²) in [6.07, 6.45) is 8.99. The molecule has 1 unspecified atom stereocenters. The van der Waals surface area contributed by atoms with Gasteiger partial charge in [-0.05, 0) is 59.7 Å². The van der Waals surface area contributed by atoms with E-state index in [1.807, 2.05) is 24.2 Å². The number of aromatic nitrogens is 4. The normalized spacial score (nSPS) is 17.8. The van der Waals surface area contributed by atoms with Crippen LogP contribution in [0.3, 0.4) is 0 Å². The molecule has 184 valence electrons. The minimum atomic E-state index is -0.0299. The predicted molar refractivity (Wildman–Crippen MR) is 138 cm³/mol. The van der Waals surface area contributed by atoms with E-state index in [9.17, 15) is 4.79 Å². The second kappa shape index (κ2) is 9.44. The van der Waals surface area contributed by atoms with Crippen LogP contribution in [0, 0.1) is 6.92 Å². The molecule has 2 N–H and O–H groups in total. The fraction of sp³-hybridized carbons (Fsp3) is 0.357. The second-order valence-corrected chi connectivity index (χ2v) is 9.57.